The number of halogens is 1. The molecule has 2 heterocycles. The van der Waals surface area contributed by atoms with E-state index in [2.05, 4.69) is 15.3 Å². The van der Waals surface area contributed by atoms with Gasteiger partial charge < -0.3 is 10.4 Å². The zero-order valence-electron chi connectivity index (χ0n) is 14.2. The molecule has 2 aromatic carbocycles. The molecule has 0 saturated carbocycles. The Labute approximate surface area is 158 Å². The van der Waals surface area contributed by atoms with Gasteiger partial charge in [0, 0.05) is 23.2 Å². The van der Waals surface area contributed by atoms with Gasteiger partial charge in [-0.15, -0.1) is 11.3 Å². The molecule has 0 saturated heterocycles. The van der Waals surface area contributed by atoms with Crippen molar-refractivity contribution in [1.29, 1.82) is 0 Å². The van der Waals surface area contributed by atoms with Crippen molar-refractivity contribution in [2.75, 3.05) is 5.32 Å². The molecule has 0 unspecified atom stereocenters. The number of nitrogens with one attached hydrogen (secondary N) is 1. The number of nitrogens with zero attached hydrogens (tertiary/aromatic N) is 2. The summed E-state index contributed by atoms with van der Waals surface area (Å²) in [4.78, 5) is 20.4. The predicted octanol–water partition coefficient (Wildman–Crippen LogP) is 5.25. The topological polar surface area (TPSA) is 75.1 Å². The summed E-state index contributed by atoms with van der Waals surface area (Å²) < 4.78 is 13.9. The van der Waals surface area contributed by atoms with Gasteiger partial charge in [-0.1, -0.05) is 11.6 Å². The number of thiazole rings is 1. The molecule has 0 atom stereocenters. The number of fused-ring (bicyclic) bond motifs is 1. The molecule has 4 aromatic rings. The van der Waals surface area contributed by atoms with Crippen LogP contribution in [0.25, 0.3) is 21.5 Å². The summed E-state index contributed by atoms with van der Waals surface area (Å²) in [5.41, 5.74) is 3.25. The molecule has 0 aliphatic heterocycles. The molecule has 0 bridgehead atoms. The van der Waals surface area contributed by atoms with Gasteiger partial charge in [-0.25, -0.2) is 14.2 Å². The number of hydrogen-bond acceptors (Lipinski definition) is 5. The van der Waals surface area contributed by atoms with Crippen LogP contribution in [0.2, 0.25) is 0 Å². The van der Waals surface area contributed by atoms with Crippen molar-refractivity contribution in [2.45, 2.75) is 6.92 Å². The Morgan fingerprint density at radius 1 is 1.19 bits per heavy atom. The number of aromatic nitrogens is 2. The summed E-state index contributed by atoms with van der Waals surface area (Å²) in [6.07, 6.45) is 3.34. The molecule has 0 aliphatic rings. The van der Waals surface area contributed by atoms with Crippen LogP contribution in [-0.2, 0) is 0 Å². The number of rotatable bonds is 4. The summed E-state index contributed by atoms with van der Waals surface area (Å²) in [5.74, 6) is -1.44. The van der Waals surface area contributed by atoms with Crippen LogP contribution in [-0.4, -0.2) is 21.0 Å². The van der Waals surface area contributed by atoms with Gasteiger partial charge in [-0.2, -0.15) is 0 Å². The number of carbonyl (C=O) groups is 1. The van der Waals surface area contributed by atoms with E-state index in [1.165, 1.54) is 23.5 Å². The van der Waals surface area contributed by atoms with Gasteiger partial charge >= 0.3 is 5.97 Å². The maximum absolute atomic E-state index is 13.9. The van der Waals surface area contributed by atoms with E-state index in [9.17, 15) is 14.3 Å². The Morgan fingerprint density at radius 2 is 2.04 bits per heavy atom. The van der Waals surface area contributed by atoms with E-state index in [0.29, 0.717) is 32.8 Å². The third-order valence-corrected chi connectivity index (χ3v) is 4.96. The van der Waals surface area contributed by atoms with Gasteiger partial charge in [0.2, 0.25) is 0 Å². The summed E-state index contributed by atoms with van der Waals surface area (Å²) >= 11 is 1.43. The van der Waals surface area contributed by atoms with Crippen molar-refractivity contribution < 1.29 is 14.3 Å². The van der Waals surface area contributed by atoms with Crippen molar-refractivity contribution in [3.05, 3.63) is 71.1 Å². The quantitative estimate of drug-likeness (QED) is 0.507. The molecule has 0 fully saturated rings. The minimum absolute atomic E-state index is 0.140. The Bertz CT molecular complexity index is 1160. The van der Waals surface area contributed by atoms with E-state index in [4.69, 9.17) is 0 Å². The Morgan fingerprint density at radius 3 is 2.78 bits per heavy atom. The van der Waals surface area contributed by atoms with Gasteiger partial charge in [-0.05, 0) is 37.3 Å². The van der Waals surface area contributed by atoms with Crippen LogP contribution in [0, 0.1) is 12.7 Å². The highest BCUT2D eigenvalue weighted by Crippen LogP contribution is 2.37. The molecular formula is C20H14FN3O2S. The number of anilines is 2. The number of aryl methyl sites for hydroxylation is 1. The van der Waals surface area contributed by atoms with Crippen molar-refractivity contribution in [3.63, 3.8) is 0 Å². The van der Waals surface area contributed by atoms with Crippen molar-refractivity contribution in [3.8, 4) is 10.6 Å². The molecular weight excluding hydrogens is 365 g/mol. The normalized spacial score (nSPS) is 10.9. The lowest BCUT2D eigenvalue weighted by molar-refractivity contribution is 0.0698. The molecule has 0 amide bonds. The molecule has 2 aromatic heterocycles. The van der Waals surface area contributed by atoms with Crippen LogP contribution >= 0.6 is 11.3 Å². The largest absolute Gasteiger partial charge is 0.478 e. The third-order valence-electron chi connectivity index (χ3n) is 4.16. The average Bonchev–Trinajstić information content (AvgIpc) is 3.17. The molecule has 2 N–H and O–H groups in total. The summed E-state index contributed by atoms with van der Waals surface area (Å²) in [6.45, 7) is 1.83. The predicted molar refractivity (Wildman–Crippen MR) is 104 cm³/mol. The lowest BCUT2D eigenvalue weighted by atomic mass is 10.1. The van der Waals surface area contributed by atoms with Crippen molar-refractivity contribution in [1.82, 2.24) is 9.97 Å². The van der Waals surface area contributed by atoms with Gasteiger partial charge in [0.1, 0.15) is 10.8 Å². The minimum atomic E-state index is -1.04. The fourth-order valence-corrected chi connectivity index (χ4v) is 3.55. The fourth-order valence-electron chi connectivity index (χ4n) is 2.90. The smallest absolute Gasteiger partial charge is 0.337 e. The Kier molecular flexibility index (Phi) is 4.29. The van der Waals surface area contributed by atoms with E-state index < -0.39 is 11.8 Å². The van der Waals surface area contributed by atoms with Crippen LogP contribution < -0.4 is 5.32 Å². The number of benzene rings is 2. The minimum Gasteiger partial charge on any atom is -0.478 e. The van der Waals surface area contributed by atoms with Crippen LogP contribution in [0.3, 0.4) is 0 Å². The molecule has 7 heteroatoms. The fraction of sp³-hybridized carbons (Fsp3) is 0.0500. The first-order valence-electron chi connectivity index (χ1n) is 8.12. The van der Waals surface area contributed by atoms with Crippen LogP contribution in [0.5, 0.6) is 0 Å². The molecule has 134 valence electrons. The second-order valence-corrected chi connectivity index (χ2v) is 6.92. The number of aromatic carboxylic acids is 1. The van der Waals surface area contributed by atoms with Crippen LogP contribution in [0.15, 0.2) is 54.2 Å². The highest BCUT2D eigenvalue weighted by Gasteiger charge is 2.17. The lowest BCUT2D eigenvalue weighted by Gasteiger charge is -2.16. The first-order chi connectivity index (χ1) is 13.0. The van der Waals surface area contributed by atoms with E-state index >= 15 is 0 Å². The maximum Gasteiger partial charge on any atom is 0.337 e. The van der Waals surface area contributed by atoms with Crippen LogP contribution in [0.1, 0.15) is 15.9 Å². The zero-order valence-corrected chi connectivity index (χ0v) is 15.0. The second-order valence-electron chi connectivity index (χ2n) is 6.02. The summed E-state index contributed by atoms with van der Waals surface area (Å²) in [6, 6.07) is 9.44. The number of carboxylic acids is 1. The summed E-state index contributed by atoms with van der Waals surface area (Å²) in [5, 5.41) is 15.8. The van der Waals surface area contributed by atoms with Crippen molar-refractivity contribution in [2.24, 2.45) is 0 Å². The van der Waals surface area contributed by atoms with Gasteiger partial charge in [0.25, 0.3) is 0 Å². The Balaban J connectivity index is 1.96. The Hall–Kier alpha value is -3.32. The number of pyridine rings is 1. The van der Waals surface area contributed by atoms with Crippen molar-refractivity contribution >= 4 is 39.6 Å². The van der Waals surface area contributed by atoms with Crippen LogP contribution in [0.4, 0.5) is 15.8 Å². The molecule has 0 aliphatic carbocycles. The van der Waals surface area contributed by atoms with Gasteiger partial charge in [0.05, 0.1) is 28.0 Å². The van der Waals surface area contributed by atoms with Gasteiger partial charge in [-0.3, -0.25) is 4.98 Å². The first kappa shape index (κ1) is 17.1. The highest BCUT2D eigenvalue weighted by molar-refractivity contribution is 7.13. The maximum atomic E-state index is 13.9. The summed E-state index contributed by atoms with van der Waals surface area (Å²) in [7, 11) is 0. The van der Waals surface area contributed by atoms with E-state index in [1.54, 1.807) is 30.6 Å². The second kappa shape index (κ2) is 6.77. The number of carboxylic acid groups (broad SMARTS) is 1. The van der Waals surface area contributed by atoms with E-state index in [1.807, 2.05) is 18.4 Å². The highest BCUT2D eigenvalue weighted by atomic mass is 32.1. The SMILES string of the molecule is Cc1ccc(Nc2c(-c3nccs3)cnc3ccc(F)cc23)c(C(=O)O)c1. The average molecular weight is 379 g/mol. The van der Waals surface area contributed by atoms with Gasteiger partial charge in [0.15, 0.2) is 0 Å². The standard InChI is InChI=1S/C20H14FN3O2S/c1-11-2-4-17(14(8-11)20(25)26)24-18-13-9-12(21)3-5-16(13)23-10-15(18)19-22-6-7-27-19/h2-10H,1H3,(H,23,24)(H,25,26). The number of hydrogen-bond donors (Lipinski definition) is 2. The lowest BCUT2D eigenvalue weighted by Crippen LogP contribution is -2.05. The van der Waals surface area contributed by atoms with E-state index in [-0.39, 0.29) is 5.56 Å². The molecule has 0 radical (unpaired) electrons. The molecule has 0 spiro atoms. The molecule has 5 nitrogen and oxygen atoms in total. The monoisotopic (exact) mass is 379 g/mol. The first-order valence-corrected chi connectivity index (χ1v) is 9.00. The van der Waals surface area contributed by atoms with E-state index in [0.717, 1.165) is 5.56 Å². The molecule has 27 heavy (non-hydrogen) atoms. The molecule has 4 rings (SSSR count). The zero-order chi connectivity index (χ0) is 19.0. The third kappa shape index (κ3) is 3.24.